The summed E-state index contributed by atoms with van der Waals surface area (Å²) < 4.78 is 5.40. The molecule has 1 aromatic rings. The number of carbonyl (C=O) groups is 1. The van der Waals surface area contributed by atoms with Gasteiger partial charge >= 0.3 is 0 Å². The molecule has 4 N–H and O–H groups in total. The molecule has 1 rings (SSSR count). The molecular weight excluding hydrogens is 220 g/mol. The highest BCUT2D eigenvalue weighted by Crippen LogP contribution is 2.15. The van der Waals surface area contributed by atoms with E-state index in [1.807, 2.05) is 14.1 Å². The van der Waals surface area contributed by atoms with Crippen LogP contribution in [0.1, 0.15) is 16.8 Å². The SMILES string of the molecule is CN(C)CCCOc1cc(C(N)=O)c(N)cn1. The predicted octanol–water partition coefficient (Wildman–Crippen LogP) is 0.0932. The fourth-order valence-electron chi connectivity index (χ4n) is 1.30. The van der Waals surface area contributed by atoms with Crippen LogP contribution < -0.4 is 16.2 Å². The number of ether oxygens (including phenoxy) is 1. The van der Waals surface area contributed by atoms with Gasteiger partial charge in [-0.1, -0.05) is 0 Å². The van der Waals surface area contributed by atoms with Crippen molar-refractivity contribution in [3.05, 3.63) is 17.8 Å². The van der Waals surface area contributed by atoms with Crippen molar-refractivity contribution in [1.82, 2.24) is 9.88 Å². The normalized spacial score (nSPS) is 10.5. The number of pyridine rings is 1. The average Bonchev–Trinajstić information content (AvgIpc) is 2.25. The zero-order valence-corrected chi connectivity index (χ0v) is 10.1. The van der Waals surface area contributed by atoms with E-state index in [9.17, 15) is 4.79 Å². The molecule has 0 radical (unpaired) electrons. The highest BCUT2D eigenvalue weighted by atomic mass is 16.5. The lowest BCUT2D eigenvalue weighted by molar-refractivity contribution is 0.100. The fraction of sp³-hybridized carbons (Fsp3) is 0.455. The molecule has 0 aliphatic heterocycles. The van der Waals surface area contributed by atoms with Gasteiger partial charge in [-0.05, 0) is 20.5 Å². The molecule has 0 aliphatic carbocycles. The number of anilines is 1. The highest BCUT2D eigenvalue weighted by molar-refractivity contribution is 5.97. The van der Waals surface area contributed by atoms with Crippen LogP contribution in [0.4, 0.5) is 5.69 Å². The first-order chi connectivity index (χ1) is 8.00. The minimum atomic E-state index is -0.581. The number of nitrogens with zero attached hydrogens (tertiary/aromatic N) is 2. The van der Waals surface area contributed by atoms with Crippen molar-refractivity contribution in [2.45, 2.75) is 6.42 Å². The molecule has 94 valence electrons. The Morgan fingerprint density at radius 2 is 2.24 bits per heavy atom. The first kappa shape index (κ1) is 13.2. The third-order valence-electron chi connectivity index (χ3n) is 2.17. The van der Waals surface area contributed by atoms with Gasteiger partial charge in [0.05, 0.1) is 24.1 Å². The fourth-order valence-corrected chi connectivity index (χ4v) is 1.30. The predicted molar refractivity (Wildman–Crippen MR) is 65.8 cm³/mol. The second kappa shape index (κ2) is 6.05. The van der Waals surface area contributed by atoms with Crippen LogP contribution in [0.15, 0.2) is 12.3 Å². The van der Waals surface area contributed by atoms with E-state index in [0.717, 1.165) is 13.0 Å². The second-order valence-electron chi connectivity index (χ2n) is 3.98. The maximum absolute atomic E-state index is 11.0. The number of nitrogen functional groups attached to an aromatic ring is 1. The summed E-state index contributed by atoms with van der Waals surface area (Å²) in [4.78, 5) is 17.1. The number of nitrogens with two attached hydrogens (primary N) is 2. The van der Waals surface area contributed by atoms with Crippen LogP contribution in [0.3, 0.4) is 0 Å². The van der Waals surface area contributed by atoms with Crippen LogP contribution in [0.2, 0.25) is 0 Å². The van der Waals surface area contributed by atoms with Crippen molar-refractivity contribution >= 4 is 11.6 Å². The molecule has 0 saturated heterocycles. The highest BCUT2D eigenvalue weighted by Gasteiger charge is 2.08. The summed E-state index contributed by atoms with van der Waals surface area (Å²) in [5.41, 5.74) is 11.2. The lowest BCUT2D eigenvalue weighted by Crippen LogP contribution is -2.16. The second-order valence-corrected chi connectivity index (χ2v) is 3.98. The molecule has 0 saturated carbocycles. The molecule has 0 bridgehead atoms. The monoisotopic (exact) mass is 238 g/mol. The Morgan fingerprint density at radius 3 is 2.82 bits per heavy atom. The van der Waals surface area contributed by atoms with Gasteiger partial charge in [-0.25, -0.2) is 4.98 Å². The van der Waals surface area contributed by atoms with Crippen LogP contribution in [0.25, 0.3) is 0 Å². The molecule has 0 unspecified atom stereocenters. The van der Waals surface area contributed by atoms with E-state index in [0.29, 0.717) is 12.5 Å². The lowest BCUT2D eigenvalue weighted by Gasteiger charge is -2.10. The molecule has 17 heavy (non-hydrogen) atoms. The maximum Gasteiger partial charge on any atom is 0.251 e. The number of aromatic nitrogens is 1. The Balaban J connectivity index is 2.54. The van der Waals surface area contributed by atoms with Crippen molar-refractivity contribution in [1.29, 1.82) is 0 Å². The zero-order valence-electron chi connectivity index (χ0n) is 10.1. The van der Waals surface area contributed by atoms with Gasteiger partial charge in [0, 0.05) is 12.6 Å². The molecule has 0 fully saturated rings. The van der Waals surface area contributed by atoms with E-state index < -0.39 is 5.91 Å². The molecule has 0 atom stereocenters. The first-order valence-electron chi connectivity index (χ1n) is 5.33. The Kier molecular flexibility index (Phi) is 4.71. The molecule has 0 aromatic carbocycles. The molecular formula is C11H18N4O2. The molecule has 1 heterocycles. The molecule has 6 heteroatoms. The van der Waals surface area contributed by atoms with E-state index >= 15 is 0 Å². The van der Waals surface area contributed by atoms with Crippen LogP contribution in [-0.4, -0.2) is 43.0 Å². The van der Waals surface area contributed by atoms with Gasteiger partial charge in [0.2, 0.25) is 5.88 Å². The van der Waals surface area contributed by atoms with E-state index in [1.54, 1.807) is 0 Å². The van der Waals surface area contributed by atoms with Gasteiger partial charge in [0.25, 0.3) is 5.91 Å². The van der Waals surface area contributed by atoms with Crippen molar-refractivity contribution in [2.24, 2.45) is 5.73 Å². The Bertz CT molecular complexity index is 393. The van der Waals surface area contributed by atoms with E-state index in [-0.39, 0.29) is 11.3 Å². The Morgan fingerprint density at radius 1 is 1.53 bits per heavy atom. The van der Waals surface area contributed by atoms with Crippen LogP contribution in [-0.2, 0) is 0 Å². The van der Waals surface area contributed by atoms with Crippen LogP contribution in [0.5, 0.6) is 5.88 Å². The zero-order chi connectivity index (χ0) is 12.8. The molecule has 1 amide bonds. The number of carbonyl (C=O) groups excluding carboxylic acids is 1. The van der Waals surface area contributed by atoms with Crippen LogP contribution >= 0.6 is 0 Å². The minimum absolute atomic E-state index is 0.239. The maximum atomic E-state index is 11.0. The van der Waals surface area contributed by atoms with Gasteiger partial charge < -0.3 is 21.1 Å². The third-order valence-corrected chi connectivity index (χ3v) is 2.17. The van der Waals surface area contributed by atoms with Gasteiger partial charge in [0.15, 0.2) is 0 Å². The first-order valence-corrected chi connectivity index (χ1v) is 5.33. The minimum Gasteiger partial charge on any atom is -0.478 e. The van der Waals surface area contributed by atoms with E-state index in [2.05, 4.69) is 9.88 Å². The molecule has 0 aliphatic rings. The quantitative estimate of drug-likeness (QED) is 0.685. The number of rotatable bonds is 6. The number of hydrogen-bond acceptors (Lipinski definition) is 5. The third kappa shape index (κ3) is 4.28. The summed E-state index contributed by atoms with van der Waals surface area (Å²) in [5, 5.41) is 0. The van der Waals surface area contributed by atoms with E-state index in [1.165, 1.54) is 12.3 Å². The molecule has 0 spiro atoms. The summed E-state index contributed by atoms with van der Waals surface area (Å²) in [5.74, 6) is -0.213. The van der Waals surface area contributed by atoms with Crippen LogP contribution in [0, 0.1) is 0 Å². The summed E-state index contributed by atoms with van der Waals surface area (Å²) in [6, 6.07) is 1.47. The summed E-state index contributed by atoms with van der Waals surface area (Å²) >= 11 is 0. The number of amides is 1. The van der Waals surface area contributed by atoms with Crippen molar-refractivity contribution in [2.75, 3.05) is 33.0 Å². The van der Waals surface area contributed by atoms with Gasteiger partial charge in [0.1, 0.15) is 0 Å². The molecule has 6 nitrogen and oxygen atoms in total. The number of hydrogen-bond donors (Lipinski definition) is 2. The van der Waals surface area contributed by atoms with Gasteiger partial charge in [-0.3, -0.25) is 4.79 Å². The molecule has 1 aromatic heterocycles. The topological polar surface area (TPSA) is 94.5 Å². The van der Waals surface area contributed by atoms with E-state index in [4.69, 9.17) is 16.2 Å². The average molecular weight is 238 g/mol. The standard InChI is InChI=1S/C11H18N4O2/c1-15(2)4-3-5-17-10-6-8(11(13)16)9(12)7-14-10/h6-7H,3-5,12H2,1-2H3,(H2,13,16). The van der Waals surface area contributed by atoms with Crippen molar-refractivity contribution in [3.63, 3.8) is 0 Å². The Hall–Kier alpha value is -1.82. The summed E-state index contributed by atoms with van der Waals surface area (Å²) in [6.45, 7) is 1.46. The van der Waals surface area contributed by atoms with Gasteiger partial charge in [-0.15, -0.1) is 0 Å². The summed E-state index contributed by atoms with van der Waals surface area (Å²) in [7, 11) is 3.99. The van der Waals surface area contributed by atoms with Crippen molar-refractivity contribution < 1.29 is 9.53 Å². The summed E-state index contributed by atoms with van der Waals surface area (Å²) in [6.07, 6.45) is 2.26. The smallest absolute Gasteiger partial charge is 0.251 e. The Labute approximate surface area is 101 Å². The van der Waals surface area contributed by atoms with Gasteiger partial charge in [-0.2, -0.15) is 0 Å². The lowest BCUT2D eigenvalue weighted by atomic mass is 10.2. The number of primary amides is 1. The van der Waals surface area contributed by atoms with Crippen molar-refractivity contribution in [3.8, 4) is 5.88 Å². The largest absolute Gasteiger partial charge is 0.478 e.